The maximum atomic E-state index is 4.14. The standard InChI is InChI=1S/C16H29N3/c1-12(14(3)19-15(4)17-5)13(2)18-11-16-9-7-6-8-10-16/h16,18H,2,6-11H2,1,3-5H3,(H,17,19)/b14-12+. The summed E-state index contributed by atoms with van der Waals surface area (Å²) in [6.07, 6.45) is 6.92. The Bertz CT molecular complexity index is 360. The molecule has 1 fully saturated rings. The van der Waals surface area contributed by atoms with E-state index in [0.29, 0.717) is 0 Å². The highest BCUT2D eigenvalue weighted by Gasteiger charge is 2.13. The summed E-state index contributed by atoms with van der Waals surface area (Å²) >= 11 is 0. The molecule has 1 aliphatic rings. The highest BCUT2D eigenvalue weighted by Crippen LogP contribution is 2.23. The fourth-order valence-corrected chi connectivity index (χ4v) is 2.44. The van der Waals surface area contributed by atoms with E-state index >= 15 is 0 Å². The van der Waals surface area contributed by atoms with Crippen LogP contribution in [0.15, 0.2) is 28.5 Å². The number of rotatable bonds is 5. The molecule has 0 heterocycles. The largest absolute Gasteiger partial charge is 0.385 e. The molecule has 0 atom stereocenters. The molecule has 108 valence electrons. The number of amidine groups is 1. The van der Waals surface area contributed by atoms with Gasteiger partial charge in [-0.3, -0.25) is 4.99 Å². The molecule has 3 heteroatoms. The van der Waals surface area contributed by atoms with Crippen LogP contribution < -0.4 is 10.6 Å². The van der Waals surface area contributed by atoms with E-state index in [1.165, 1.54) is 37.7 Å². The Balaban J connectivity index is 2.44. The van der Waals surface area contributed by atoms with E-state index in [1.807, 2.05) is 6.92 Å². The van der Waals surface area contributed by atoms with Crippen LogP contribution >= 0.6 is 0 Å². The lowest BCUT2D eigenvalue weighted by molar-refractivity contribution is 0.351. The molecule has 0 radical (unpaired) electrons. The van der Waals surface area contributed by atoms with Gasteiger partial charge in [0.1, 0.15) is 0 Å². The minimum atomic E-state index is 0.825. The Morgan fingerprint density at radius 1 is 1.16 bits per heavy atom. The van der Waals surface area contributed by atoms with E-state index < -0.39 is 0 Å². The molecule has 0 aromatic heterocycles. The fraction of sp³-hybridized carbons (Fsp3) is 0.688. The number of nitrogens with one attached hydrogen (secondary N) is 2. The minimum Gasteiger partial charge on any atom is -0.385 e. The van der Waals surface area contributed by atoms with Crippen molar-refractivity contribution in [3.63, 3.8) is 0 Å². The molecular weight excluding hydrogens is 234 g/mol. The van der Waals surface area contributed by atoms with Gasteiger partial charge in [0.05, 0.1) is 5.84 Å². The molecule has 0 aliphatic heterocycles. The second-order valence-corrected chi connectivity index (χ2v) is 5.55. The van der Waals surface area contributed by atoms with E-state index in [0.717, 1.165) is 29.7 Å². The van der Waals surface area contributed by atoms with Crippen LogP contribution in [0.2, 0.25) is 0 Å². The first-order valence-electron chi connectivity index (χ1n) is 7.35. The van der Waals surface area contributed by atoms with Crippen molar-refractivity contribution in [1.29, 1.82) is 0 Å². The predicted octanol–water partition coefficient (Wildman–Crippen LogP) is 3.60. The molecule has 0 saturated heterocycles. The van der Waals surface area contributed by atoms with Crippen LogP contribution in [0.1, 0.15) is 52.9 Å². The smallest absolute Gasteiger partial charge is 0.0969 e. The maximum absolute atomic E-state index is 4.14. The summed E-state index contributed by atoms with van der Waals surface area (Å²) in [5.41, 5.74) is 3.32. The van der Waals surface area contributed by atoms with Gasteiger partial charge >= 0.3 is 0 Å². The topological polar surface area (TPSA) is 36.4 Å². The van der Waals surface area contributed by atoms with Gasteiger partial charge in [0, 0.05) is 25.0 Å². The van der Waals surface area contributed by atoms with Crippen LogP contribution in [0.25, 0.3) is 0 Å². The zero-order valence-electron chi connectivity index (χ0n) is 13.0. The highest BCUT2D eigenvalue weighted by atomic mass is 15.0. The van der Waals surface area contributed by atoms with Crippen molar-refractivity contribution in [2.45, 2.75) is 52.9 Å². The molecule has 2 N–H and O–H groups in total. The molecule has 0 aromatic carbocycles. The lowest BCUT2D eigenvalue weighted by Crippen LogP contribution is -2.26. The normalized spacial score (nSPS) is 18.8. The summed E-state index contributed by atoms with van der Waals surface area (Å²) in [4.78, 5) is 4.11. The zero-order valence-corrected chi connectivity index (χ0v) is 13.0. The molecule has 19 heavy (non-hydrogen) atoms. The first-order chi connectivity index (χ1) is 9.04. The maximum Gasteiger partial charge on any atom is 0.0969 e. The van der Waals surface area contributed by atoms with Crippen molar-refractivity contribution in [3.8, 4) is 0 Å². The van der Waals surface area contributed by atoms with Gasteiger partial charge in [-0.05, 0) is 45.1 Å². The van der Waals surface area contributed by atoms with Gasteiger partial charge in [-0.25, -0.2) is 0 Å². The second-order valence-electron chi connectivity index (χ2n) is 5.55. The molecule has 1 aliphatic carbocycles. The van der Waals surface area contributed by atoms with Crippen LogP contribution in [0, 0.1) is 5.92 Å². The number of hydrogen-bond donors (Lipinski definition) is 2. The second kappa shape index (κ2) is 8.03. The van der Waals surface area contributed by atoms with Crippen LogP contribution in [-0.4, -0.2) is 19.4 Å². The van der Waals surface area contributed by atoms with Gasteiger partial charge in [-0.1, -0.05) is 25.8 Å². The molecule has 0 spiro atoms. The third-order valence-corrected chi connectivity index (χ3v) is 4.05. The molecule has 3 nitrogen and oxygen atoms in total. The fourth-order valence-electron chi connectivity index (χ4n) is 2.44. The van der Waals surface area contributed by atoms with Gasteiger partial charge in [0.2, 0.25) is 0 Å². The van der Waals surface area contributed by atoms with Crippen molar-refractivity contribution in [3.05, 3.63) is 23.5 Å². The van der Waals surface area contributed by atoms with Crippen LogP contribution in [0.3, 0.4) is 0 Å². The average molecular weight is 263 g/mol. The zero-order chi connectivity index (χ0) is 14.3. The molecule has 1 rings (SSSR count). The van der Waals surface area contributed by atoms with E-state index in [9.17, 15) is 0 Å². The van der Waals surface area contributed by atoms with E-state index in [2.05, 4.69) is 36.1 Å². The van der Waals surface area contributed by atoms with E-state index in [4.69, 9.17) is 0 Å². The molecule has 0 bridgehead atoms. The summed E-state index contributed by atoms with van der Waals surface area (Å²) in [6.45, 7) is 11.3. The monoisotopic (exact) mass is 263 g/mol. The third-order valence-electron chi connectivity index (χ3n) is 4.05. The first-order valence-corrected chi connectivity index (χ1v) is 7.35. The van der Waals surface area contributed by atoms with Crippen molar-refractivity contribution >= 4 is 5.84 Å². The Hall–Kier alpha value is -1.25. The van der Waals surface area contributed by atoms with Crippen molar-refractivity contribution in [2.75, 3.05) is 13.6 Å². The summed E-state index contributed by atoms with van der Waals surface area (Å²) in [5, 5.41) is 6.77. The summed E-state index contributed by atoms with van der Waals surface area (Å²) < 4.78 is 0. The van der Waals surface area contributed by atoms with Crippen molar-refractivity contribution < 1.29 is 0 Å². The first kappa shape index (κ1) is 15.8. The molecular formula is C16H29N3. The van der Waals surface area contributed by atoms with Gasteiger partial charge < -0.3 is 10.6 Å². The van der Waals surface area contributed by atoms with Crippen LogP contribution in [-0.2, 0) is 0 Å². The third kappa shape index (κ3) is 5.50. The Morgan fingerprint density at radius 3 is 2.37 bits per heavy atom. The van der Waals surface area contributed by atoms with Crippen LogP contribution in [0.4, 0.5) is 0 Å². The highest BCUT2D eigenvalue weighted by molar-refractivity contribution is 5.81. The lowest BCUT2D eigenvalue weighted by atomic mass is 9.89. The van der Waals surface area contributed by atoms with E-state index in [-0.39, 0.29) is 0 Å². The van der Waals surface area contributed by atoms with Gasteiger partial charge in [-0.15, -0.1) is 0 Å². The number of hydrogen-bond acceptors (Lipinski definition) is 2. The molecule has 0 amide bonds. The number of allylic oxidation sites excluding steroid dienone is 2. The van der Waals surface area contributed by atoms with Crippen LogP contribution in [0.5, 0.6) is 0 Å². The minimum absolute atomic E-state index is 0.825. The summed E-state index contributed by atoms with van der Waals surface area (Å²) in [6, 6.07) is 0. The molecule has 0 unspecified atom stereocenters. The summed E-state index contributed by atoms with van der Waals surface area (Å²) in [7, 11) is 1.79. The Morgan fingerprint density at radius 2 is 1.79 bits per heavy atom. The quantitative estimate of drug-likeness (QED) is 0.452. The van der Waals surface area contributed by atoms with E-state index in [1.54, 1.807) is 7.05 Å². The van der Waals surface area contributed by atoms with Crippen molar-refractivity contribution in [2.24, 2.45) is 10.9 Å². The van der Waals surface area contributed by atoms with Gasteiger partial charge in [-0.2, -0.15) is 0 Å². The van der Waals surface area contributed by atoms with Crippen molar-refractivity contribution in [1.82, 2.24) is 10.6 Å². The predicted molar refractivity (Wildman–Crippen MR) is 84.3 cm³/mol. The lowest BCUT2D eigenvalue weighted by Gasteiger charge is -2.23. The average Bonchev–Trinajstić information content (AvgIpc) is 2.44. The van der Waals surface area contributed by atoms with Gasteiger partial charge in [0.25, 0.3) is 0 Å². The van der Waals surface area contributed by atoms with Gasteiger partial charge in [0.15, 0.2) is 0 Å². The number of nitrogens with zero attached hydrogens (tertiary/aromatic N) is 1. The molecule has 1 saturated carbocycles. The summed E-state index contributed by atoms with van der Waals surface area (Å²) in [5.74, 6) is 1.75. The Kier molecular flexibility index (Phi) is 6.68. The number of aliphatic imine (C=N–C) groups is 1. The SMILES string of the molecule is C=C(NCC1CCCCC1)/C(C)=C(\C)NC(C)=NC. The molecule has 0 aromatic rings. The Labute approximate surface area is 118 Å².